The summed E-state index contributed by atoms with van der Waals surface area (Å²) in [4.78, 5) is 17.7. The van der Waals surface area contributed by atoms with Crippen molar-refractivity contribution in [1.29, 1.82) is 0 Å². The van der Waals surface area contributed by atoms with Gasteiger partial charge in [0.2, 0.25) is 0 Å². The molecule has 0 atom stereocenters. The second-order valence-electron chi connectivity index (χ2n) is 10.0. The molecule has 39 heavy (non-hydrogen) atoms. The van der Waals surface area contributed by atoms with Gasteiger partial charge >= 0.3 is 0 Å². The van der Waals surface area contributed by atoms with Crippen molar-refractivity contribution in [2.45, 2.75) is 66.2 Å². The first kappa shape index (κ1) is 32.9. The van der Waals surface area contributed by atoms with Crippen molar-refractivity contribution >= 4 is 46.1 Å². The van der Waals surface area contributed by atoms with Crippen LogP contribution < -0.4 is 0 Å². The first-order valence-electron chi connectivity index (χ1n) is 13.4. The minimum absolute atomic E-state index is 0.0145. The first-order chi connectivity index (χ1) is 18.3. The van der Waals surface area contributed by atoms with Crippen LogP contribution in [-0.2, 0) is 24.2 Å². The van der Waals surface area contributed by atoms with Gasteiger partial charge in [-0.1, -0.05) is 61.8 Å². The summed E-state index contributed by atoms with van der Waals surface area (Å²) in [6, 6.07) is 6.70. The number of imidazole rings is 1. The summed E-state index contributed by atoms with van der Waals surface area (Å²) in [5, 5.41) is 1.06. The van der Waals surface area contributed by atoms with E-state index >= 15 is 0 Å². The van der Waals surface area contributed by atoms with E-state index in [4.69, 9.17) is 23.2 Å². The van der Waals surface area contributed by atoms with Crippen molar-refractivity contribution in [1.82, 2.24) is 14.5 Å². The highest BCUT2D eigenvalue weighted by Crippen LogP contribution is 2.35. The van der Waals surface area contributed by atoms with E-state index in [1.54, 1.807) is 38.1 Å². The van der Waals surface area contributed by atoms with Gasteiger partial charge in [0.1, 0.15) is 11.6 Å². The molecule has 0 unspecified atom stereocenters. The van der Waals surface area contributed by atoms with Gasteiger partial charge in [0.05, 0.1) is 16.1 Å². The molecule has 1 aromatic heterocycles. The third-order valence-electron chi connectivity index (χ3n) is 7.06. The van der Waals surface area contributed by atoms with Gasteiger partial charge in [0, 0.05) is 37.4 Å². The van der Waals surface area contributed by atoms with Crippen molar-refractivity contribution < 1.29 is 13.6 Å². The Morgan fingerprint density at radius 2 is 1.77 bits per heavy atom. The van der Waals surface area contributed by atoms with Crippen molar-refractivity contribution in [2.75, 3.05) is 20.1 Å². The van der Waals surface area contributed by atoms with Gasteiger partial charge in [-0.25, -0.2) is 13.8 Å². The Kier molecular flexibility index (Phi) is 12.1. The van der Waals surface area contributed by atoms with E-state index in [2.05, 4.69) is 23.5 Å². The van der Waals surface area contributed by atoms with Crippen LogP contribution in [-0.4, -0.2) is 40.4 Å². The lowest BCUT2D eigenvalue weighted by Gasteiger charge is -2.28. The van der Waals surface area contributed by atoms with E-state index in [-0.39, 0.29) is 5.56 Å². The molecule has 0 bridgehead atoms. The summed E-state index contributed by atoms with van der Waals surface area (Å²) in [6.07, 6.45) is 5.26. The van der Waals surface area contributed by atoms with Crippen LogP contribution in [0.2, 0.25) is 10.0 Å². The van der Waals surface area contributed by atoms with Crippen LogP contribution in [0.3, 0.4) is 0 Å². The summed E-state index contributed by atoms with van der Waals surface area (Å²) in [5.41, 5.74) is 3.34. The molecule has 1 aliphatic rings. The fourth-order valence-corrected chi connectivity index (χ4v) is 5.42. The Bertz CT molecular complexity index is 1290. The van der Waals surface area contributed by atoms with Crippen LogP contribution >= 0.6 is 23.2 Å². The zero-order chi connectivity index (χ0) is 29.5. The maximum Gasteiger partial charge on any atom is 0.270 e. The summed E-state index contributed by atoms with van der Waals surface area (Å²) in [7, 11) is 4.00. The largest absolute Gasteiger partial charge is 0.331 e. The number of aromatic nitrogens is 2. The number of carbonyl (C=O) groups excluding carboxylic acids is 1. The fraction of sp³-hybridized carbons (Fsp3) is 0.484. The SMILES string of the molecule is C=Cc1ccc(Cl)c(Cc2nc3c(C)c(C(C)(F)F)ccc3n2C)c1Cl.CC.CC(=O)CC1CCN(C)CC1. The Labute approximate surface area is 242 Å². The number of carbonyl (C=O) groups is 1. The number of fused-ring (bicyclic) bond motifs is 1. The van der Waals surface area contributed by atoms with Crippen LogP contribution in [0.5, 0.6) is 0 Å². The molecule has 3 aromatic rings. The fourth-order valence-electron chi connectivity index (χ4n) is 4.84. The van der Waals surface area contributed by atoms with Crippen molar-refractivity contribution in [3.05, 3.63) is 69.0 Å². The molecule has 2 heterocycles. The highest BCUT2D eigenvalue weighted by molar-refractivity contribution is 6.37. The number of Topliss-reactive ketones (excluding diaryl/α,β-unsaturated/α-hetero) is 1. The molecule has 0 radical (unpaired) electrons. The van der Waals surface area contributed by atoms with Crippen molar-refractivity contribution in [3.8, 4) is 0 Å². The third kappa shape index (κ3) is 8.36. The number of piperidine rings is 1. The van der Waals surface area contributed by atoms with Crippen LogP contribution in [0.4, 0.5) is 8.78 Å². The highest BCUT2D eigenvalue weighted by atomic mass is 35.5. The quantitative estimate of drug-likeness (QED) is 0.292. The Hall–Kier alpha value is -2.28. The first-order valence-corrected chi connectivity index (χ1v) is 14.2. The second kappa shape index (κ2) is 14.4. The zero-order valence-corrected chi connectivity index (χ0v) is 25.7. The molecule has 0 aliphatic carbocycles. The number of hydrogen-bond acceptors (Lipinski definition) is 3. The number of aryl methyl sites for hydroxylation is 2. The average Bonchev–Trinajstić information content (AvgIpc) is 3.20. The van der Waals surface area contributed by atoms with E-state index in [9.17, 15) is 13.6 Å². The van der Waals surface area contributed by atoms with Gasteiger partial charge in [-0.3, -0.25) is 0 Å². The topological polar surface area (TPSA) is 38.1 Å². The molecule has 0 amide bonds. The van der Waals surface area contributed by atoms with E-state index in [0.29, 0.717) is 45.1 Å². The predicted octanol–water partition coefficient (Wildman–Crippen LogP) is 8.87. The molecule has 214 valence electrons. The molecule has 1 aliphatic heterocycles. The number of likely N-dealkylation sites (tertiary alicyclic amines) is 1. The smallest absolute Gasteiger partial charge is 0.270 e. The van der Waals surface area contributed by atoms with Crippen molar-refractivity contribution in [2.24, 2.45) is 13.0 Å². The van der Waals surface area contributed by atoms with Gasteiger partial charge in [0.15, 0.2) is 0 Å². The average molecular weight is 581 g/mol. The maximum absolute atomic E-state index is 13.8. The number of hydrogen-bond donors (Lipinski definition) is 0. The predicted molar refractivity (Wildman–Crippen MR) is 161 cm³/mol. The summed E-state index contributed by atoms with van der Waals surface area (Å²) in [6.45, 7) is 14.3. The van der Waals surface area contributed by atoms with Crippen LogP contribution in [0.25, 0.3) is 17.1 Å². The molecular weight excluding hydrogens is 539 g/mol. The Morgan fingerprint density at radius 3 is 2.31 bits per heavy atom. The molecule has 0 saturated carbocycles. The summed E-state index contributed by atoms with van der Waals surface area (Å²) in [5.74, 6) is -1.20. The monoisotopic (exact) mass is 579 g/mol. The van der Waals surface area contributed by atoms with Gasteiger partial charge < -0.3 is 14.3 Å². The Morgan fingerprint density at radius 1 is 1.15 bits per heavy atom. The third-order valence-corrected chi connectivity index (χ3v) is 7.86. The van der Waals surface area contributed by atoms with Crippen LogP contribution in [0.15, 0.2) is 30.8 Å². The molecule has 2 aromatic carbocycles. The van der Waals surface area contributed by atoms with Crippen LogP contribution in [0, 0.1) is 12.8 Å². The number of rotatable bonds is 6. The minimum Gasteiger partial charge on any atom is -0.331 e. The minimum atomic E-state index is -2.92. The number of halogens is 4. The molecule has 1 saturated heterocycles. The lowest BCUT2D eigenvalue weighted by molar-refractivity contribution is -0.118. The van der Waals surface area contributed by atoms with Crippen LogP contribution in [0.1, 0.15) is 75.0 Å². The summed E-state index contributed by atoms with van der Waals surface area (Å²) >= 11 is 12.8. The van der Waals surface area contributed by atoms with E-state index in [1.807, 2.05) is 25.5 Å². The molecule has 4 nitrogen and oxygen atoms in total. The Balaban J connectivity index is 0.000000343. The molecular formula is C31H41Cl2F2N3O. The number of benzene rings is 2. The van der Waals surface area contributed by atoms with E-state index in [0.717, 1.165) is 43.1 Å². The van der Waals surface area contributed by atoms with E-state index in [1.165, 1.54) is 18.9 Å². The molecule has 8 heteroatoms. The number of nitrogens with zero attached hydrogens (tertiary/aromatic N) is 3. The normalized spacial score (nSPS) is 14.3. The second-order valence-corrected chi connectivity index (χ2v) is 10.8. The standard InChI is InChI=1S/C20H18Cl2F2N2.C9H17NO.C2H6/c1-5-12-6-8-15(21)13(18(12)22)10-17-25-19-11(2)14(20(3,23)24)7-9-16(19)26(17)4;1-8(11)7-9-3-5-10(2)6-4-9;1-2/h5-9H,1,10H2,2-4H3;9H,3-7H2,1-2H3;1-2H3. The lowest BCUT2D eigenvalue weighted by Crippen LogP contribution is -2.30. The molecule has 0 spiro atoms. The van der Waals surface area contributed by atoms with Gasteiger partial charge in [0.25, 0.3) is 5.92 Å². The van der Waals surface area contributed by atoms with Gasteiger partial charge in [-0.05, 0) is 81.6 Å². The highest BCUT2D eigenvalue weighted by Gasteiger charge is 2.28. The molecule has 0 N–H and O–H groups in total. The molecule has 4 rings (SSSR count). The zero-order valence-electron chi connectivity index (χ0n) is 24.2. The number of alkyl halides is 2. The van der Waals surface area contributed by atoms with Gasteiger partial charge in [-0.2, -0.15) is 0 Å². The van der Waals surface area contributed by atoms with Crippen molar-refractivity contribution in [3.63, 3.8) is 0 Å². The molecule has 1 fully saturated rings. The number of ketones is 1. The lowest BCUT2D eigenvalue weighted by atomic mass is 9.92. The summed E-state index contributed by atoms with van der Waals surface area (Å²) < 4.78 is 29.5. The van der Waals surface area contributed by atoms with Gasteiger partial charge in [-0.15, -0.1) is 0 Å². The maximum atomic E-state index is 13.8. The van der Waals surface area contributed by atoms with E-state index < -0.39 is 5.92 Å².